The summed E-state index contributed by atoms with van der Waals surface area (Å²) >= 11 is 0. The second-order valence-corrected chi connectivity index (χ2v) is 7.23. The monoisotopic (exact) mass is 428 g/mol. The molecule has 0 amide bonds. The average molecular weight is 428 g/mol. The number of hydroxylamine groups is 2. The maximum Gasteiger partial charge on any atom is 0.455 e. The van der Waals surface area contributed by atoms with Gasteiger partial charge in [0.2, 0.25) is 0 Å². The van der Waals surface area contributed by atoms with E-state index >= 15 is 0 Å². The molecule has 0 radical (unpaired) electrons. The van der Waals surface area contributed by atoms with E-state index in [4.69, 9.17) is 0 Å². The lowest BCUT2D eigenvalue weighted by Crippen LogP contribution is -2.40. The molecule has 4 rings (SSSR count). The Labute approximate surface area is 165 Å². The van der Waals surface area contributed by atoms with Crippen LogP contribution in [0, 0.1) is 22.0 Å². The Morgan fingerprint density at radius 2 is 1.90 bits per heavy atom. The highest BCUT2D eigenvalue weighted by Crippen LogP contribution is 2.53. The fourth-order valence-electron chi connectivity index (χ4n) is 3.30. The summed E-state index contributed by atoms with van der Waals surface area (Å²) in [6.07, 6.45) is -1.56. The molecule has 0 N–H and O–H groups in total. The van der Waals surface area contributed by atoms with Crippen LogP contribution >= 0.6 is 0 Å². The second-order valence-electron chi connectivity index (χ2n) is 7.23. The zero-order chi connectivity index (χ0) is 21.9. The Hall–Kier alpha value is -3.07. The zero-order valence-corrected chi connectivity index (χ0v) is 15.0. The van der Waals surface area contributed by atoms with Crippen molar-refractivity contribution in [3.05, 3.63) is 46.8 Å². The minimum Gasteiger partial charge on any atom is -0.758 e. The molecule has 2 aromatic heterocycles. The molecule has 0 atom stereocenters. The maximum absolute atomic E-state index is 14.7. The van der Waals surface area contributed by atoms with Crippen molar-refractivity contribution in [2.45, 2.75) is 31.5 Å². The van der Waals surface area contributed by atoms with Gasteiger partial charge in [0.25, 0.3) is 0 Å². The number of allylic oxidation sites excluding steroid dienone is 2. The van der Waals surface area contributed by atoms with Crippen LogP contribution in [0.5, 0.6) is 0 Å². The van der Waals surface area contributed by atoms with Crippen molar-refractivity contribution in [1.29, 1.82) is 5.26 Å². The number of aromatic nitrogens is 3. The molecule has 30 heavy (non-hydrogen) atoms. The molecule has 1 fully saturated rings. The van der Waals surface area contributed by atoms with Gasteiger partial charge in [-0.25, -0.2) is 4.39 Å². The molecule has 0 aromatic carbocycles. The van der Waals surface area contributed by atoms with E-state index in [2.05, 4.69) is 16.2 Å². The van der Waals surface area contributed by atoms with Crippen molar-refractivity contribution in [3.63, 3.8) is 0 Å². The van der Waals surface area contributed by atoms with E-state index in [0.29, 0.717) is 28.2 Å². The van der Waals surface area contributed by atoms with Gasteiger partial charge in [0.15, 0.2) is 0 Å². The van der Waals surface area contributed by atoms with E-state index < -0.39 is 35.6 Å². The normalized spacial score (nSPS) is 19.1. The molecule has 1 saturated carbocycles. The van der Waals surface area contributed by atoms with Gasteiger partial charge in [-0.05, 0) is 30.6 Å². The molecule has 3 heterocycles. The van der Waals surface area contributed by atoms with E-state index in [0.717, 1.165) is 18.5 Å². The zero-order valence-electron chi connectivity index (χ0n) is 15.0. The Balaban J connectivity index is 1.68. The summed E-state index contributed by atoms with van der Waals surface area (Å²) in [5.74, 6) is -5.91. The van der Waals surface area contributed by atoms with E-state index in [1.807, 2.05) is 0 Å². The predicted molar refractivity (Wildman–Crippen MR) is 92.0 cm³/mol. The third kappa shape index (κ3) is 3.19. The standard InChI is InChI=1S/C18H12F6N5O/c19-12-4-11(16(8-25)1-2-16)7-29(30)15(12)13-3-10-5-27-28(14(10)6-26-13)9-17(20,21)18(22,23)24/h3-6H,1-2,7,9H2/q-1. The van der Waals surface area contributed by atoms with Crippen molar-refractivity contribution in [1.82, 2.24) is 19.8 Å². The summed E-state index contributed by atoms with van der Waals surface area (Å²) < 4.78 is 79.1. The molecule has 0 saturated heterocycles. The first-order chi connectivity index (χ1) is 14.0. The first-order valence-corrected chi connectivity index (χ1v) is 8.71. The van der Waals surface area contributed by atoms with E-state index in [1.165, 1.54) is 6.07 Å². The summed E-state index contributed by atoms with van der Waals surface area (Å²) in [6.45, 7) is -1.97. The fourth-order valence-corrected chi connectivity index (χ4v) is 3.30. The number of nitriles is 1. The maximum atomic E-state index is 14.7. The van der Waals surface area contributed by atoms with E-state index in [1.54, 1.807) is 0 Å². The van der Waals surface area contributed by atoms with Crippen LogP contribution in [0.4, 0.5) is 26.3 Å². The number of pyridine rings is 1. The van der Waals surface area contributed by atoms with Crippen molar-refractivity contribution in [3.8, 4) is 6.07 Å². The molecule has 0 spiro atoms. The number of alkyl halides is 5. The quantitative estimate of drug-likeness (QED) is 0.678. The molecule has 0 bridgehead atoms. The number of rotatable bonds is 4. The minimum absolute atomic E-state index is 0.108. The number of nitrogens with zero attached hydrogens (tertiary/aromatic N) is 5. The van der Waals surface area contributed by atoms with Crippen LogP contribution in [0.2, 0.25) is 0 Å². The van der Waals surface area contributed by atoms with Gasteiger partial charge in [0.1, 0.15) is 12.4 Å². The van der Waals surface area contributed by atoms with Crippen LogP contribution in [0.1, 0.15) is 18.5 Å². The van der Waals surface area contributed by atoms with E-state index in [9.17, 15) is 36.8 Å². The van der Waals surface area contributed by atoms with Gasteiger partial charge in [0.05, 0.1) is 40.8 Å². The molecule has 1 aliphatic heterocycles. The molecule has 6 nitrogen and oxygen atoms in total. The van der Waals surface area contributed by atoms with Crippen molar-refractivity contribution < 1.29 is 26.3 Å². The largest absolute Gasteiger partial charge is 0.758 e. The van der Waals surface area contributed by atoms with Crippen LogP contribution < -0.4 is 0 Å². The highest BCUT2D eigenvalue weighted by Gasteiger charge is 2.58. The molecule has 12 heteroatoms. The summed E-state index contributed by atoms with van der Waals surface area (Å²) in [5.41, 5.74) is -1.13. The summed E-state index contributed by atoms with van der Waals surface area (Å²) in [5, 5.41) is 25.6. The predicted octanol–water partition coefficient (Wildman–Crippen LogP) is 4.31. The highest BCUT2D eigenvalue weighted by atomic mass is 19.4. The fraction of sp³-hybridized carbons (Fsp3) is 0.389. The van der Waals surface area contributed by atoms with Gasteiger partial charge in [-0.1, -0.05) is 0 Å². The Kier molecular flexibility index (Phi) is 4.36. The second kappa shape index (κ2) is 6.46. The van der Waals surface area contributed by atoms with Gasteiger partial charge in [-0.2, -0.15) is 32.3 Å². The molecular weight excluding hydrogens is 416 g/mol. The topological polar surface area (TPSA) is 80.8 Å². The van der Waals surface area contributed by atoms with Crippen molar-refractivity contribution in [2.24, 2.45) is 5.41 Å². The van der Waals surface area contributed by atoms with Crippen molar-refractivity contribution in [2.75, 3.05) is 6.54 Å². The Morgan fingerprint density at radius 3 is 2.47 bits per heavy atom. The lowest BCUT2D eigenvalue weighted by Gasteiger charge is -2.37. The lowest BCUT2D eigenvalue weighted by atomic mass is 9.94. The van der Waals surface area contributed by atoms with Gasteiger partial charge >= 0.3 is 12.1 Å². The smallest absolute Gasteiger partial charge is 0.455 e. The van der Waals surface area contributed by atoms with Crippen LogP contribution in [0.3, 0.4) is 0 Å². The SMILES string of the molecule is N#CC1(C2=CC(F)=C(c3cc4cnn(CC(F)(F)C(F)(F)F)c4cn3)N([O-])C2)CC1. The number of hydrogen-bond donors (Lipinski definition) is 0. The summed E-state index contributed by atoms with van der Waals surface area (Å²) in [6, 6.07) is 3.26. The van der Waals surface area contributed by atoms with Gasteiger partial charge in [0, 0.05) is 11.9 Å². The first-order valence-electron chi connectivity index (χ1n) is 8.71. The molecule has 158 valence electrons. The number of halogens is 6. The van der Waals surface area contributed by atoms with Crippen LogP contribution in [0.15, 0.2) is 35.9 Å². The number of fused-ring (bicyclic) bond motifs is 1. The minimum atomic E-state index is -5.75. The third-order valence-electron chi connectivity index (χ3n) is 5.20. The molecular formula is C18H12F6N5O-. The average Bonchev–Trinajstić information content (AvgIpc) is 3.37. The van der Waals surface area contributed by atoms with Crippen molar-refractivity contribution >= 4 is 16.6 Å². The van der Waals surface area contributed by atoms with Gasteiger partial charge < -0.3 is 10.3 Å². The summed E-state index contributed by atoms with van der Waals surface area (Å²) in [7, 11) is 0. The van der Waals surface area contributed by atoms with E-state index in [-0.39, 0.29) is 23.1 Å². The molecule has 1 aliphatic carbocycles. The Morgan fingerprint density at radius 1 is 1.20 bits per heavy atom. The molecule has 2 aliphatic rings. The van der Waals surface area contributed by atoms with Crippen LogP contribution in [-0.2, 0) is 6.54 Å². The third-order valence-corrected chi connectivity index (χ3v) is 5.20. The van der Waals surface area contributed by atoms with Gasteiger partial charge in [-0.15, -0.1) is 0 Å². The lowest BCUT2D eigenvalue weighted by molar-refractivity contribution is -0.287. The summed E-state index contributed by atoms with van der Waals surface area (Å²) in [4.78, 5) is 3.86. The van der Waals surface area contributed by atoms with Gasteiger partial charge in [-0.3, -0.25) is 9.67 Å². The highest BCUT2D eigenvalue weighted by molar-refractivity contribution is 5.82. The Bertz CT molecular complexity index is 1120. The van der Waals surface area contributed by atoms with Crippen LogP contribution in [-0.4, -0.2) is 38.5 Å². The van der Waals surface area contributed by atoms with Crippen LogP contribution in [0.25, 0.3) is 16.6 Å². The first kappa shape index (κ1) is 20.2. The molecule has 0 unspecified atom stereocenters. The number of hydrogen-bond acceptors (Lipinski definition) is 5. The molecule has 2 aromatic rings.